The Hall–Kier alpha value is -2.51. The molecule has 3 aromatic rings. The number of nitrogens with zero attached hydrogens (tertiary/aromatic N) is 1. The normalized spacial score (nSPS) is 16.8. The topological polar surface area (TPSA) is 73.3 Å². The number of esters is 1. The lowest BCUT2D eigenvalue weighted by atomic mass is 9.87. The first-order chi connectivity index (χ1) is 12.7. The summed E-state index contributed by atoms with van der Waals surface area (Å²) in [6.07, 6.45) is 2.96. The van der Waals surface area contributed by atoms with Gasteiger partial charge in [-0.2, -0.15) is 4.37 Å². The number of rotatable bonds is 3. The van der Waals surface area contributed by atoms with Gasteiger partial charge in [0.15, 0.2) is 9.84 Å². The maximum atomic E-state index is 12.7. The summed E-state index contributed by atoms with van der Waals surface area (Å²) in [5.74, 6) is -0.383. The van der Waals surface area contributed by atoms with Crippen molar-refractivity contribution >= 4 is 48.6 Å². The fraction of sp³-hybridized carbons (Fsp3) is 0.200. The summed E-state index contributed by atoms with van der Waals surface area (Å²) in [7, 11) is -3.29. The third kappa shape index (κ3) is 3.07. The molecule has 4 rings (SSSR count). The van der Waals surface area contributed by atoms with Crippen molar-refractivity contribution in [2.75, 3.05) is 6.26 Å². The van der Waals surface area contributed by atoms with Gasteiger partial charge in [0.2, 0.25) is 0 Å². The van der Waals surface area contributed by atoms with E-state index in [1.165, 1.54) is 17.8 Å². The van der Waals surface area contributed by atoms with Crippen LogP contribution >= 0.6 is 11.5 Å². The number of carbonyl (C=O) groups excluding carboxylic acids is 1. The molecule has 2 aromatic carbocycles. The Kier molecular flexibility index (Phi) is 3.98. The highest BCUT2D eigenvalue weighted by atomic mass is 32.2. The van der Waals surface area contributed by atoms with E-state index in [-0.39, 0.29) is 10.9 Å². The van der Waals surface area contributed by atoms with Crippen molar-refractivity contribution in [3.8, 4) is 0 Å². The average Bonchev–Trinajstić information content (AvgIpc) is 3.14. The van der Waals surface area contributed by atoms with Crippen molar-refractivity contribution in [3.05, 3.63) is 59.8 Å². The third-order valence-corrected chi connectivity index (χ3v) is 6.51. The highest BCUT2D eigenvalue weighted by Crippen LogP contribution is 2.44. The predicted octanol–water partition coefficient (Wildman–Crippen LogP) is 3.95. The second-order valence-electron chi connectivity index (χ2n) is 7.02. The van der Waals surface area contributed by atoms with Crippen LogP contribution in [0.25, 0.3) is 21.2 Å². The summed E-state index contributed by atoms with van der Waals surface area (Å²) in [5, 5.41) is 1.02. The van der Waals surface area contributed by atoms with E-state index in [0.29, 0.717) is 5.57 Å². The standard InChI is InChI=1S/C20H17NO4S2/c1-20(2)18(12-6-8-15(9-7-12)27(3,23)24)17(19(22)25-20)13-4-5-14-11-21-26-16(14)10-13/h4-11H,1-3H3. The molecule has 0 radical (unpaired) electrons. The predicted molar refractivity (Wildman–Crippen MR) is 106 cm³/mol. The molecule has 0 atom stereocenters. The van der Waals surface area contributed by atoms with Crippen LogP contribution in [0.5, 0.6) is 0 Å². The monoisotopic (exact) mass is 399 g/mol. The molecule has 2 heterocycles. The van der Waals surface area contributed by atoms with Gasteiger partial charge in [-0.15, -0.1) is 0 Å². The molecule has 0 bridgehead atoms. The maximum absolute atomic E-state index is 12.7. The van der Waals surface area contributed by atoms with Gasteiger partial charge >= 0.3 is 5.97 Å². The Balaban J connectivity index is 1.93. The van der Waals surface area contributed by atoms with Gasteiger partial charge in [-0.1, -0.05) is 24.3 Å². The fourth-order valence-electron chi connectivity index (χ4n) is 3.38. The lowest BCUT2D eigenvalue weighted by Crippen LogP contribution is -2.22. The van der Waals surface area contributed by atoms with Gasteiger partial charge in [0.1, 0.15) is 5.60 Å². The summed E-state index contributed by atoms with van der Waals surface area (Å²) in [6, 6.07) is 12.3. The van der Waals surface area contributed by atoms with Crippen LogP contribution in [-0.2, 0) is 19.4 Å². The molecule has 5 nitrogen and oxygen atoms in total. The molecule has 1 aliphatic heterocycles. The molecule has 27 heavy (non-hydrogen) atoms. The van der Waals surface area contributed by atoms with E-state index < -0.39 is 15.4 Å². The van der Waals surface area contributed by atoms with Crippen molar-refractivity contribution in [3.63, 3.8) is 0 Å². The van der Waals surface area contributed by atoms with Crippen LogP contribution in [0.4, 0.5) is 0 Å². The minimum absolute atomic E-state index is 0.238. The summed E-state index contributed by atoms with van der Waals surface area (Å²) in [4.78, 5) is 12.9. The van der Waals surface area contributed by atoms with Crippen molar-refractivity contribution in [2.24, 2.45) is 0 Å². The number of ether oxygens (including phenoxy) is 1. The minimum Gasteiger partial charge on any atom is -0.451 e. The fourth-order valence-corrected chi connectivity index (χ4v) is 4.69. The third-order valence-electron chi connectivity index (χ3n) is 4.62. The first-order valence-corrected chi connectivity index (χ1v) is 11.0. The van der Waals surface area contributed by atoms with Gasteiger partial charge in [0.25, 0.3) is 0 Å². The number of carbonyl (C=O) groups is 1. The quantitative estimate of drug-likeness (QED) is 0.624. The van der Waals surface area contributed by atoms with Gasteiger partial charge in [-0.3, -0.25) is 0 Å². The van der Waals surface area contributed by atoms with E-state index in [2.05, 4.69) is 4.37 Å². The van der Waals surface area contributed by atoms with Crippen LogP contribution < -0.4 is 0 Å². The lowest BCUT2D eigenvalue weighted by molar-refractivity contribution is -0.141. The van der Waals surface area contributed by atoms with E-state index >= 15 is 0 Å². The second-order valence-corrected chi connectivity index (χ2v) is 9.87. The van der Waals surface area contributed by atoms with Crippen molar-refractivity contribution in [1.82, 2.24) is 4.37 Å². The molecular weight excluding hydrogens is 382 g/mol. The minimum atomic E-state index is -3.29. The summed E-state index contributed by atoms with van der Waals surface area (Å²) < 4.78 is 34.3. The molecule has 0 amide bonds. The van der Waals surface area contributed by atoms with Gasteiger partial charge < -0.3 is 4.74 Å². The second kappa shape index (κ2) is 6.00. The Labute approximate surface area is 161 Å². The number of hydrogen-bond acceptors (Lipinski definition) is 6. The zero-order valence-electron chi connectivity index (χ0n) is 15.0. The van der Waals surface area contributed by atoms with Crippen LogP contribution in [0.1, 0.15) is 25.0 Å². The number of sulfone groups is 1. The van der Waals surface area contributed by atoms with Gasteiger partial charge in [-0.05, 0) is 54.7 Å². The van der Waals surface area contributed by atoms with Crippen LogP contribution in [0.15, 0.2) is 53.6 Å². The van der Waals surface area contributed by atoms with Crippen molar-refractivity contribution in [2.45, 2.75) is 24.3 Å². The van der Waals surface area contributed by atoms with Crippen molar-refractivity contribution in [1.29, 1.82) is 0 Å². The highest BCUT2D eigenvalue weighted by molar-refractivity contribution is 7.90. The van der Waals surface area contributed by atoms with Gasteiger partial charge in [0, 0.05) is 23.4 Å². The number of benzene rings is 2. The van der Waals surface area contributed by atoms with E-state index in [9.17, 15) is 13.2 Å². The molecule has 138 valence electrons. The van der Waals surface area contributed by atoms with E-state index in [0.717, 1.165) is 26.8 Å². The van der Waals surface area contributed by atoms with E-state index in [1.54, 1.807) is 30.5 Å². The number of aromatic nitrogens is 1. The van der Waals surface area contributed by atoms with Crippen LogP contribution in [-0.4, -0.2) is 30.6 Å². The molecule has 0 saturated heterocycles. The van der Waals surface area contributed by atoms with Crippen LogP contribution in [0.2, 0.25) is 0 Å². The molecule has 7 heteroatoms. The average molecular weight is 399 g/mol. The van der Waals surface area contributed by atoms with E-state index in [4.69, 9.17) is 4.74 Å². The molecule has 1 aliphatic rings. The Morgan fingerprint density at radius 3 is 2.37 bits per heavy atom. The molecule has 0 aliphatic carbocycles. The number of hydrogen-bond donors (Lipinski definition) is 0. The molecule has 1 aromatic heterocycles. The Morgan fingerprint density at radius 1 is 1.04 bits per heavy atom. The molecule has 0 spiro atoms. The molecule has 0 fully saturated rings. The smallest absolute Gasteiger partial charge is 0.340 e. The molecular formula is C20H17NO4S2. The van der Waals surface area contributed by atoms with Crippen LogP contribution in [0.3, 0.4) is 0 Å². The van der Waals surface area contributed by atoms with Gasteiger partial charge in [-0.25, -0.2) is 13.2 Å². The lowest BCUT2D eigenvalue weighted by Gasteiger charge is -2.21. The molecule has 0 N–H and O–H groups in total. The summed E-state index contributed by atoms with van der Waals surface area (Å²) in [6.45, 7) is 3.67. The van der Waals surface area contributed by atoms with Crippen molar-refractivity contribution < 1.29 is 17.9 Å². The first-order valence-electron chi connectivity index (χ1n) is 8.30. The van der Waals surface area contributed by atoms with Crippen LogP contribution in [0, 0.1) is 0 Å². The number of cyclic esters (lactones) is 1. The van der Waals surface area contributed by atoms with Gasteiger partial charge in [0.05, 0.1) is 15.2 Å². The molecule has 0 saturated carbocycles. The van der Waals surface area contributed by atoms with E-state index in [1.807, 2.05) is 32.0 Å². The first kappa shape index (κ1) is 17.9. The SMILES string of the molecule is CC1(C)OC(=O)C(c2ccc3cnsc3c2)=C1c1ccc(S(C)(=O)=O)cc1. The summed E-state index contributed by atoms with van der Waals surface area (Å²) >= 11 is 1.37. The Morgan fingerprint density at radius 2 is 1.70 bits per heavy atom. The Bertz CT molecular complexity index is 1200. The zero-order chi connectivity index (χ0) is 19.4. The zero-order valence-corrected chi connectivity index (χ0v) is 16.6. The summed E-state index contributed by atoms with van der Waals surface area (Å²) in [5.41, 5.74) is 1.96. The highest BCUT2D eigenvalue weighted by Gasteiger charge is 2.41. The maximum Gasteiger partial charge on any atom is 0.340 e. The number of fused-ring (bicyclic) bond motifs is 1. The largest absolute Gasteiger partial charge is 0.451 e. The molecule has 0 unspecified atom stereocenters.